The van der Waals surface area contributed by atoms with E-state index in [1.165, 1.54) is 0 Å². The normalized spacial score (nSPS) is 11.5. The lowest BCUT2D eigenvalue weighted by Gasteiger charge is -2.20. The van der Waals surface area contributed by atoms with Gasteiger partial charge in [0.25, 0.3) is 0 Å². The first-order chi connectivity index (χ1) is 5.10. The third-order valence-corrected chi connectivity index (χ3v) is 1.38. The van der Waals surface area contributed by atoms with E-state index < -0.39 is 37.8 Å². The Balaban J connectivity index is 4.16. The van der Waals surface area contributed by atoms with Crippen molar-refractivity contribution < 1.29 is 23.1 Å². The summed E-state index contributed by atoms with van der Waals surface area (Å²) in [5.41, 5.74) is -1.95. The summed E-state index contributed by atoms with van der Waals surface area (Å²) in [4.78, 5) is 9.99. The topological polar surface area (TPSA) is 37.3 Å². The molecule has 0 radical (unpaired) electrons. The molecule has 0 aliphatic rings. The van der Waals surface area contributed by atoms with Gasteiger partial charge in [-0.25, -0.2) is 0 Å². The zero-order valence-electron chi connectivity index (χ0n) is 5.82. The van der Waals surface area contributed by atoms with E-state index >= 15 is 0 Å². The smallest absolute Gasteiger partial charge is 0.304 e. The van der Waals surface area contributed by atoms with Crippen molar-refractivity contribution in [3.63, 3.8) is 0 Å². The van der Waals surface area contributed by atoms with Gasteiger partial charge in [-0.15, -0.1) is 0 Å². The Morgan fingerprint density at radius 2 is 1.55 bits per heavy atom. The lowest BCUT2D eigenvalue weighted by molar-refractivity contribution is -0.141. The van der Waals surface area contributed by atoms with E-state index in [2.05, 4.69) is 0 Å². The van der Waals surface area contributed by atoms with Gasteiger partial charge in [0.1, 0.15) is 20.0 Å². The summed E-state index contributed by atoms with van der Waals surface area (Å²) < 4.78 is 35.8. The van der Waals surface area contributed by atoms with Gasteiger partial charge >= 0.3 is 5.97 Å². The van der Waals surface area contributed by atoms with E-state index in [1.54, 1.807) is 0 Å². The fourth-order valence-corrected chi connectivity index (χ4v) is 0.570. The molecule has 2 nitrogen and oxygen atoms in total. The first-order valence-electron chi connectivity index (χ1n) is 3.00. The van der Waals surface area contributed by atoms with Crippen LogP contribution >= 0.6 is 0 Å². The van der Waals surface area contributed by atoms with Crippen molar-refractivity contribution in [2.45, 2.75) is 6.42 Å². The van der Waals surface area contributed by atoms with Gasteiger partial charge < -0.3 is 5.11 Å². The summed E-state index contributed by atoms with van der Waals surface area (Å²) >= 11 is 0. The minimum atomic E-state index is -1.95. The molecule has 0 bridgehead atoms. The molecule has 0 aromatic heterocycles. The minimum absolute atomic E-state index is 0.809. The molecule has 0 heterocycles. The molecule has 0 aromatic rings. The van der Waals surface area contributed by atoms with E-state index in [0.29, 0.717) is 0 Å². The van der Waals surface area contributed by atoms with E-state index in [-0.39, 0.29) is 0 Å². The van der Waals surface area contributed by atoms with Gasteiger partial charge in [0.2, 0.25) is 0 Å². The number of carboxylic acid groups (broad SMARTS) is 1. The third-order valence-electron chi connectivity index (χ3n) is 1.38. The molecule has 0 rings (SSSR count). The highest BCUT2D eigenvalue weighted by Gasteiger charge is 2.33. The van der Waals surface area contributed by atoms with Crippen LogP contribution in [-0.4, -0.2) is 31.1 Å². The van der Waals surface area contributed by atoms with Crippen LogP contribution in [0.3, 0.4) is 0 Å². The van der Waals surface area contributed by atoms with Crippen molar-refractivity contribution in [1.29, 1.82) is 0 Å². The number of rotatable bonds is 5. The van der Waals surface area contributed by atoms with Crippen LogP contribution in [-0.2, 0) is 4.79 Å². The maximum absolute atomic E-state index is 11.9. The van der Waals surface area contributed by atoms with Crippen LogP contribution in [0.4, 0.5) is 13.2 Å². The molecule has 0 saturated heterocycles. The average molecular weight is 170 g/mol. The van der Waals surface area contributed by atoms with Crippen LogP contribution in [0, 0.1) is 5.41 Å². The molecule has 0 aromatic carbocycles. The zero-order chi connectivity index (χ0) is 8.91. The Morgan fingerprint density at radius 3 is 1.64 bits per heavy atom. The fraction of sp³-hybridized carbons (Fsp3) is 0.833. The summed E-state index contributed by atoms with van der Waals surface area (Å²) in [5.74, 6) is -1.39. The van der Waals surface area contributed by atoms with Crippen molar-refractivity contribution in [1.82, 2.24) is 0 Å². The van der Waals surface area contributed by atoms with E-state index in [1.807, 2.05) is 0 Å². The molecular formula is C6H9F3O2. The van der Waals surface area contributed by atoms with E-state index in [4.69, 9.17) is 5.11 Å². The molecule has 0 aliphatic heterocycles. The number of hydrogen-bond acceptors (Lipinski definition) is 1. The summed E-state index contributed by atoms with van der Waals surface area (Å²) in [6.45, 7) is -3.86. The van der Waals surface area contributed by atoms with Crippen LogP contribution < -0.4 is 0 Å². The second kappa shape index (κ2) is 4.20. The lowest BCUT2D eigenvalue weighted by Crippen LogP contribution is -2.31. The molecule has 0 unspecified atom stereocenters. The summed E-state index contributed by atoms with van der Waals surface area (Å²) in [6, 6.07) is 0. The lowest BCUT2D eigenvalue weighted by atomic mass is 9.89. The van der Waals surface area contributed by atoms with Gasteiger partial charge in [0.05, 0.1) is 11.8 Å². The predicted molar refractivity (Wildman–Crippen MR) is 32.6 cm³/mol. The number of carbonyl (C=O) groups is 1. The Morgan fingerprint density at radius 1 is 1.18 bits per heavy atom. The molecule has 5 heteroatoms. The largest absolute Gasteiger partial charge is 0.481 e. The highest BCUT2D eigenvalue weighted by molar-refractivity contribution is 5.67. The van der Waals surface area contributed by atoms with Gasteiger partial charge in [0.15, 0.2) is 0 Å². The summed E-state index contributed by atoms with van der Waals surface area (Å²) in [7, 11) is 0. The molecule has 0 spiro atoms. The number of aliphatic carboxylic acids is 1. The second-order valence-electron chi connectivity index (χ2n) is 2.47. The van der Waals surface area contributed by atoms with Crippen LogP contribution in [0.1, 0.15) is 6.42 Å². The second-order valence-corrected chi connectivity index (χ2v) is 2.47. The molecule has 0 amide bonds. The Bertz CT molecular complexity index is 126. The zero-order valence-corrected chi connectivity index (χ0v) is 5.82. The SMILES string of the molecule is O=C(O)CC(CF)(CF)CF. The Hall–Kier alpha value is -0.740. The predicted octanol–water partition coefficient (Wildman–Crippen LogP) is 1.36. The number of carboxylic acids is 1. The molecule has 0 aliphatic carbocycles. The standard InChI is InChI=1S/C6H9F3O2/c7-2-6(3-8,4-9)1-5(10)11/h1-4H2,(H,10,11). The summed E-state index contributed by atoms with van der Waals surface area (Å²) in [5, 5.41) is 8.14. The van der Waals surface area contributed by atoms with Gasteiger partial charge in [-0.1, -0.05) is 0 Å². The molecule has 66 valence electrons. The van der Waals surface area contributed by atoms with Gasteiger partial charge in [-0.3, -0.25) is 18.0 Å². The number of alkyl halides is 3. The highest BCUT2D eigenvalue weighted by atomic mass is 19.1. The monoisotopic (exact) mass is 170 g/mol. The van der Waals surface area contributed by atoms with Crippen LogP contribution in [0.5, 0.6) is 0 Å². The Labute approximate surface area is 62.0 Å². The van der Waals surface area contributed by atoms with Gasteiger partial charge in [0, 0.05) is 0 Å². The quantitative estimate of drug-likeness (QED) is 0.676. The first kappa shape index (κ1) is 10.3. The van der Waals surface area contributed by atoms with Crippen molar-refractivity contribution in [3.05, 3.63) is 0 Å². The molecule has 0 fully saturated rings. The van der Waals surface area contributed by atoms with Gasteiger partial charge in [-0.2, -0.15) is 0 Å². The molecule has 0 atom stereocenters. The van der Waals surface area contributed by atoms with Crippen LogP contribution in [0.2, 0.25) is 0 Å². The van der Waals surface area contributed by atoms with Crippen LogP contribution in [0.25, 0.3) is 0 Å². The van der Waals surface area contributed by atoms with Crippen LogP contribution in [0.15, 0.2) is 0 Å². The molecule has 1 N–H and O–H groups in total. The number of halogens is 3. The van der Waals surface area contributed by atoms with Crippen molar-refractivity contribution in [2.75, 3.05) is 20.0 Å². The van der Waals surface area contributed by atoms with Crippen molar-refractivity contribution in [2.24, 2.45) is 5.41 Å². The van der Waals surface area contributed by atoms with E-state index in [9.17, 15) is 18.0 Å². The third kappa shape index (κ3) is 2.78. The van der Waals surface area contributed by atoms with Crippen molar-refractivity contribution >= 4 is 5.97 Å². The minimum Gasteiger partial charge on any atom is -0.481 e. The highest BCUT2D eigenvalue weighted by Crippen LogP contribution is 2.24. The maximum Gasteiger partial charge on any atom is 0.304 e. The maximum atomic E-state index is 11.9. The van der Waals surface area contributed by atoms with Crippen molar-refractivity contribution in [3.8, 4) is 0 Å². The Kier molecular flexibility index (Phi) is 3.92. The molecular weight excluding hydrogens is 161 g/mol. The summed E-state index contributed by atoms with van der Waals surface area (Å²) in [6.07, 6.45) is -0.809. The fourth-order valence-electron chi connectivity index (χ4n) is 0.570. The molecule has 0 saturated carbocycles. The number of hydrogen-bond donors (Lipinski definition) is 1. The molecule has 11 heavy (non-hydrogen) atoms. The van der Waals surface area contributed by atoms with E-state index in [0.717, 1.165) is 0 Å². The first-order valence-corrected chi connectivity index (χ1v) is 3.00. The average Bonchev–Trinajstić information content (AvgIpc) is 2.00. The van der Waals surface area contributed by atoms with Gasteiger partial charge in [-0.05, 0) is 0 Å².